The predicted molar refractivity (Wildman–Crippen MR) is 119 cm³/mol. The minimum Gasteiger partial charge on any atom is -0.462 e. The number of nitrogens with zero attached hydrogens (tertiary/aromatic N) is 4. The zero-order valence-corrected chi connectivity index (χ0v) is 19.1. The molecule has 1 fully saturated rings. The lowest BCUT2D eigenvalue weighted by Crippen LogP contribution is -2.51. The Bertz CT molecular complexity index is 983. The minimum atomic E-state index is -0.587. The quantitative estimate of drug-likeness (QED) is 0.644. The second kappa shape index (κ2) is 10.3. The van der Waals surface area contributed by atoms with Crippen LogP contribution in [0.4, 0.5) is 0 Å². The van der Waals surface area contributed by atoms with Crippen molar-refractivity contribution in [3.05, 3.63) is 58.7 Å². The van der Waals surface area contributed by atoms with Crippen molar-refractivity contribution in [2.24, 2.45) is 0 Å². The Morgan fingerprint density at radius 1 is 1.00 bits per heavy atom. The first-order valence-electron chi connectivity index (χ1n) is 11.0. The van der Waals surface area contributed by atoms with Crippen LogP contribution in [0.25, 0.3) is 0 Å². The molecule has 1 aliphatic heterocycles. The number of ether oxygens (including phenoxy) is 1. The number of hydrogen-bond acceptors (Lipinski definition) is 6. The van der Waals surface area contributed by atoms with Gasteiger partial charge >= 0.3 is 5.97 Å². The molecule has 2 aromatic rings. The highest BCUT2D eigenvalue weighted by atomic mass is 16.5. The average Bonchev–Trinajstić information content (AvgIpc) is 2.78. The van der Waals surface area contributed by atoms with Crippen molar-refractivity contribution in [1.29, 1.82) is 0 Å². The summed E-state index contributed by atoms with van der Waals surface area (Å²) in [5.41, 5.74) is 1.69. The summed E-state index contributed by atoms with van der Waals surface area (Å²) in [6.45, 7) is 9.07. The summed E-state index contributed by atoms with van der Waals surface area (Å²) in [6, 6.07) is 9.60. The first-order chi connectivity index (χ1) is 15.3. The number of esters is 1. The minimum absolute atomic E-state index is 0.0375. The number of aryl methyl sites for hydroxylation is 1. The molecular weight excluding hydrogens is 408 g/mol. The van der Waals surface area contributed by atoms with Crippen molar-refractivity contribution in [3.63, 3.8) is 0 Å². The summed E-state index contributed by atoms with van der Waals surface area (Å²) >= 11 is 0. The van der Waals surface area contributed by atoms with E-state index in [0.717, 1.165) is 5.56 Å². The highest BCUT2D eigenvalue weighted by Gasteiger charge is 2.32. The van der Waals surface area contributed by atoms with Crippen molar-refractivity contribution < 1.29 is 19.1 Å². The van der Waals surface area contributed by atoms with Crippen molar-refractivity contribution in [2.45, 2.75) is 40.0 Å². The third kappa shape index (κ3) is 5.30. The van der Waals surface area contributed by atoms with Gasteiger partial charge in [-0.1, -0.05) is 44.2 Å². The molecule has 1 aromatic heterocycles. The Hall–Kier alpha value is -3.29. The number of rotatable bonds is 6. The van der Waals surface area contributed by atoms with Crippen LogP contribution in [0.1, 0.15) is 64.6 Å². The van der Waals surface area contributed by atoms with E-state index in [4.69, 9.17) is 4.74 Å². The van der Waals surface area contributed by atoms with Crippen LogP contribution in [0, 0.1) is 6.92 Å². The Kier molecular flexibility index (Phi) is 7.56. The average molecular weight is 439 g/mol. The lowest BCUT2D eigenvalue weighted by molar-refractivity contribution is -0.131. The van der Waals surface area contributed by atoms with Gasteiger partial charge in [0.25, 0.3) is 5.91 Å². The largest absolute Gasteiger partial charge is 0.462 e. The van der Waals surface area contributed by atoms with E-state index in [1.807, 2.05) is 44.2 Å². The van der Waals surface area contributed by atoms with Gasteiger partial charge in [0.2, 0.25) is 5.91 Å². The van der Waals surface area contributed by atoms with Crippen molar-refractivity contribution in [2.75, 3.05) is 32.8 Å². The highest BCUT2D eigenvalue weighted by Crippen LogP contribution is 2.23. The number of hydrogen-bond donors (Lipinski definition) is 0. The van der Waals surface area contributed by atoms with Gasteiger partial charge in [-0.15, -0.1) is 0 Å². The monoisotopic (exact) mass is 438 g/mol. The zero-order chi connectivity index (χ0) is 23.3. The van der Waals surface area contributed by atoms with Crippen LogP contribution in [0.15, 0.2) is 30.3 Å². The summed E-state index contributed by atoms with van der Waals surface area (Å²) in [5, 5.41) is 0. The van der Waals surface area contributed by atoms with E-state index in [1.165, 1.54) is 0 Å². The zero-order valence-electron chi connectivity index (χ0n) is 19.1. The molecule has 0 unspecified atom stereocenters. The predicted octanol–water partition coefficient (Wildman–Crippen LogP) is 2.61. The van der Waals surface area contributed by atoms with Gasteiger partial charge in [0.1, 0.15) is 17.1 Å². The lowest BCUT2D eigenvalue weighted by Gasteiger charge is -2.35. The molecule has 1 aromatic carbocycles. The Morgan fingerprint density at radius 3 is 2.22 bits per heavy atom. The molecule has 1 saturated heterocycles. The molecule has 32 heavy (non-hydrogen) atoms. The summed E-state index contributed by atoms with van der Waals surface area (Å²) < 4.78 is 5.20. The van der Waals surface area contributed by atoms with Crippen LogP contribution in [0.3, 0.4) is 0 Å². The molecule has 0 saturated carbocycles. The molecule has 2 amide bonds. The van der Waals surface area contributed by atoms with Crippen molar-refractivity contribution in [1.82, 2.24) is 19.8 Å². The summed E-state index contributed by atoms with van der Waals surface area (Å²) in [7, 11) is 0. The van der Waals surface area contributed by atoms with Gasteiger partial charge in [0, 0.05) is 26.2 Å². The standard InChI is InChI=1S/C24H30N4O4/c1-5-32-24(31)20-21(16(2)3)25-17(4)26-22(20)23(30)28-13-11-27(12-14-28)19(29)15-18-9-7-6-8-10-18/h6-10,16H,5,11-15H2,1-4H3. The van der Waals surface area contributed by atoms with E-state index < -0.39 is 5.97 Å². The van der Waals surface area contributed by atoms with Gasteiger partial charge in [-0.3, -0.25) is 9.59 Å². The third-order valence-electron chi connectivity index (χ3n) is 5.40. The third-order valence-corrected chi connectivity index (χ3v) is 5.40. The first kappa shape index (κ1) is 23.4. The number of amides is 2. The van der Waals surface area contributed by atoms with Gasteiger partial charge in [-0.2, -0.15) is 0 Å². The van der Waals surface area contributed by atoms with E-state index >= 15 is 0 Å². The molecule has 3 rings (SSSR count). The van der Waals surface area contributed by atoms with Crippen LogP contribution < -0.4 is 0 Å². The molecule has 0 atom stereocenters. The molecule has 1 aliphatic rings. The Morgan fingerprint density at radius 2 is 1.62 bits per heavy atom. The molecular formula is C24H30N4O4. The number of aromatic nitrogens is 2. The van der Waals surface area contributed by atoms with E-state index in [1.54, 1.807) is 23.6 Å². The van der Waals surface area contributed by atoms with Crippen LogP contribution >= 0.6 is 0 Å². The molecule has 0 N–H and O–H groups in total. The fraction of sp³-hybridized carbons (Fsp3) is 0.458. The summed E-state index contributed by atoms with van der Waals surface area (Å²) in [5.74, 6) is -0.529. The van der Waals surface area contributed by atoms with Crippen LogP contribution in [0.2, 0.25) is 0 Å². The molecule has 8 nitrogen and oxygen atoms in total. The molecule has 0 aliphatic carbocycles. The number of benzene rings is 1. The van der Waals surface area contributed by atoms with E-state index in [2.05, 4.69) is 9.97 Å². The van der Waals surface area contributed by atoms with Crippen LogP contribution in [0.5, 0.6) is 0 Å². The maximum Gasteiger partial charge on any atom is 0.342 e. The molecule has 0 radical (unpaired) electrons. The lowest BCUT2D eigenvalue weighted by atomic mass is 10.0. The molecule has 170 valence electrons. The van der Waals surface area contributed by atoms with Gasteiger partial charge in [0.15, 0.2) is 0 Å². The van der Waals surface area contributed by atoms with Crippen molar-refractivity contribution in [3.8, 4) is 0 Å². The molecule has 0 bridgehead atoms. The summed E-state index contributed by atoms with van der Waals surface area (Å²) in [6.07, 6.45) is 0.338. The van der Waals surface area contributed by atoms with Gasteiger partial charge in [-0.25, -0.2) is 14.8 Å². The molecule has 2 heterocycles. The second-order valence-electron chi connectivity index (χ2n) is 8.09. The number of piperazine rings is 1. The maximum absolute atomic E-state index is 13.3. The van der Waals surface area contributed by atoms with E-state index in [9.17, 15) is 14.4 Å². The van der Waals surface area contributed by atoms with E-state index in [0.29, 0.717) is 44.1 Å². The second-order valence-corrected chi connectivity index (χ2v) is 8.09. The Labute approximate surface area is 188 Å². The number of carbonyl (C=O) groups excluding carboxylic acids is 3. The van der Waals surface area contributed by atoms with Gasteiger partial charge in [-0.05, 0) is 25.3 Å². The molecule has 8 heteroatoms. The maximum atomic E-state index is 13.3. The van der Waals surface area contributed by atoms with Crippen LogP contribution in [-0.2, 0) is 16.0 Å². The topological polar surface area (TPSA) is 92.7 Å². The first-order valence-corrected chi connectivity index (χ1v) is 11.0. The SMILES string of the molecule is CCOC(=O)c1c(C(=O)N2CCN(C(=O)Cc3ccccc3)CC2)nc(C)nc1C(C)C. The normalized spacial score (nSPS) is 13.9. The van der Waals surface area contributed by atoms with Crippen molar-refractivity contribution >= 4 is 17.8 Å². The Balaban J connectivity index is 1.76. The van der Waals surface area contributed by atoms with Gasteiger partial charge < -0.3 is 14.5 Å². The molecule has 0 spiro atoms. The highest BCUT2D eigenvalue weighted by molar-refractivity contribution is 6.04. The van der Waals surface area contributed by atoms with E-state index in [-0.39, 0.29) is 35.6 Å². The fourth-order valence-electron chi connectivity index (χ4n) is 3.76. The number of carbonyl (C=O) groups is 3. The summed E-state index contributed by atoms with van der Waals surface area (Å²) in [4.78, 5) is 50.8. The van der Waals surface area contributed by atoms with Gasteiger partial charge in [0.05, 0.1) is 18.7 Å². The van der Waals surface area contributed by atoms with Crippen LogP contribution in [-0.4, -0.2) is 70.3 Å². The smallest absolute Gasteiger partial charge is 0.342 e. The fourth-order valence-corrected chi connectivity index (χ4v) is 3.76.